The van der Waals surface area contributed by atoms with Gasteiger partial charge in [0.15, 0.2) is 0 Å². The Bertz CT molecular complexity index is 731. The number of halogens is 6. The van der Waals surface area contributed by atoms with Crippen molar-refractivity contribution >= 4 is 113 Å². The summed E-state index contributed by atoms with van der Waals surface area (Å²) in [6.45, 7) is 0.328. The summed E-state index contributed by atoms with van der Waals surface area (Å²) in [7, 11) is 0. The van der Waals surface area contributed by atoms with Crippen molar-refractivity contribution in [1.29, 1.82) is 0 Å². The van der Waals surface area contributed by atoms with Crippen LogP contribution in [0.4, 0.5) is 0 Å². The summed E-state index contributed by atoms with van der Waals surface area (Å²) in [5.41, 5.74) is 0.0710. The number of carbonyl (C=O) groups is 3. The largest absolute Gasteiger partial charge is 0.461 e. The Morgan fingerprint density at radius 2 is 1.07 bits per heavy atom. The van der Waals surface area contributed by atoms with Crippen LogP contribution in [-0.4, -0.2) is 68.2 Å². The molecule has 30 heavy (non-hydrogen) atoms. The smallest absolute Gasteiger partial charge is 0.339 e. The summed E-state index contributed by atoms with van der Waals surface area (Å²) in [5, 5.41) is 1.76. The molecule has 0 aliphatic rings. The Hall–Kier alpha value is 0.510. The van der Waals surface area contributed by atoms with Crippen LogP contribution in [-0.2, 0) is 14.2 Å². The minimum Gasteiger partial charge on any atom is -0.461 e. The maximum Gasteiger partial charge on any atom is 0.339 e. The number of hydrogen-bond acceptors (Lipinski definition) is 6. The van der Waals surface area contributed by atoms with Crippen LogP contribution in [0.3, 0.4) is 0 Å². The molecule has 0 saturated heterocycles. The lowest BCUT2D eigenvalue weighted by Crippen LogP contribution is -2.21. The number of benzene rings is 1. The van der Waals surface area contributed by atoms with E-state index in [0.29, 0.717) is 16.0 Å². The van der Waals surface area contributed by atoms with Crippen LogP contribution in [0.25, 0.3) is 0 Å². The van der Waals surface area contributed by atoms with Crippen molar-refractivity contribution in [2.45, 2.75) is 14.5 Å². The molecular weight excluding hydrogens is 792 g/mol. The summed E-state index contributed by atoms with van der Waals surface area (Å²) in [4.78, 5) is 37.2. The van der Waals surface area contributed by atoms with Gasteiger partial charge in [-0.2, -0.15) is 0 Å². The van der Waals surface area contributed by atoms with Crippen LogP contribution >= 0.6 is 95.6 Å². The molecule has 1 rings (SSSR count). The van der Waals surface area contributed by atoms with Crippen LogP contribution in [0.2, 0.25) is 0 Å². The second-order valence-electron chi connectivity index (χ2n) is 5.81. The topological polar surface area (TPSA) is 78.9 Å². The molecule has 0 amide bonds. The van der Waals surface area contributed by atoms with Crippen molar-refractivity contribution in [2.75, 3.05) is 35.8 Å². The average molecular weight is 810 g/mol. The van der Waals surface area contributed by atoms with E-state index < -0.39 is 17.9 Å². The molecule has 0 N–H and O–H groups in total. The minimum absolute atomic E-state index is 0.00890. The Labute approximate surface area is 225 Å². The molecule has 0 bridgehead atoms. The zero-order chi connectivity index (χ0) is 22.7. The monoisotopic (exact) mass is 804 g/mol. The standard InChI is InChI=1S/C18H18Br6O6/c19-4-11(22)7-28-16(25)10-1-2-14(17(26)29-8-12(23)5-20)15(3-10)18(27)30-9-13(24)6-21/h1-3,11-13H,4-9H2. The molecule has 0 aromatic heterocycles. The molecular formula is C18H18Br6O6. The number of carbonyl (C=O) groups excluding carboxylic acids is 3. The van der Waals surface area contributed by atoms with Crippen molar-refractivity contribution in [3.8, 4) is 0 Å². The van der Waals surface area contributed by atoms with Gasteiger partial charge in [0.1, 0.15) is 19.8 Å². The first-order valence-electron chi connectivity index (χ1n) is 8.48. The van der Waals surface area contributed by atoms with Gasteiger partial charge in [-0.25, -0.2) is 14.4 Å². The summed E-state index contributed by atoms with van der Waals surface area (Å²) in [5.74, 6) is -2.05. The lowest BCUT2D eigenvalue weighted by Gasteiger charge is -2.14. The van der Waals surface area contributed by atoms with Crippen LogP contribution in [0.1, 0.15) is 31.1 Å². The van der Waals surface area contributed by atoms with E-state index in [1.54, 1.807) is 0 Å². The Morgan fingerprint density at radius 1 is 0.667 bits per heavy atom. The molecule has 3 atom stereocenters. The lowest BCUT2D eigenvalue weighted by atomic mass is 10.0. The van der Waals surface area contributed by atoms with E-state index in [1.165, 1.54) is 18.2 Å². The average Bonchev–Trinajstić information content (AvgIpc) is 2.77. The second kappa shape index (κ2) is 15.4. The molecule has 168 valence electrons. The lowest BCUT2D eigenvalue weighted by molar-refractivity contribution is 0.0463. The molecule has 0 spiro atoms. The second-order valence-corrected chi connectivity index (χ2v) is 11.6. The van der Waals surface area contributed by atoms with Gasteiger partial charge in [-0.15, -0.1) is 0 Å². The minimum atomic E-state index is -0.739. The van der Waals surface area contributed by atoms with Gasteiger partial charge in [0, 0.05) is 16.0 Å². The highest BCUT2D eigenvalue weighted by molar-refractivity contribution is 9.12. The zero-order valence-corrected chi connectivity index (χ0v) is 24.9. The number of rotatable bonds is 12. The first kappa shape index (κ1) is 28.5. The molecule has 12 heteroatoms. The summed E-state index contributed by atoms with van der Waals surface area (Å²) >= 11 is 19.9. The summed E-state index contributed by atoms with van der Waals surface area (Å²) in [6.07, 6.45) is 0. The van der Waals surface area contributed by atoms with Crippen molar-refractivity contribution in [1.82, 2.24) is 0 Å². The molecule has 0 aliphatic carbocycles. The number of esters is 3. The maximum atomic E-state index is 12.6. The zero-order valence-electron chi connectivity index (χ0n) is 15.4. The highest BCUT2D eigenvalue weighted by atomic mass is 79.9. The normalized spacial score (nSPS) is 13.8. The van der Waals surface area contributed by atoms with Crippen LogP contribution in [0, 0.1) is 0 Å². The van der Waals surface area contributed by atoms with Crippen molar-refractivity contribution in [3.05, 3.63) is 34.9 Å². The van der Waals surface area contributed by atoms with E-state index in [2.05, 4.69) is 95.6 Å². The van der Waals surface area contributed by atoms with Gasteiger partial charge in [0.05, 0.1) is 31.2 Å². The summed E-state index contributed by atoms with van der Waals surface area (Å²) < 4.78 is 15.7. The van der Waals surface area contributed by atoms with Gasteiger partial charge in [0.2, 0.25) is 0 Å². The Balaban J connectivity index is 3.09. The van der Waals surface area contributed by atoms with E-state index in [0.717, 1.165) is 0 Å². The molecule has 1 aromatic rings. The highest BCUT2D eigenvalue weighted by Crippen LogP contribution is 2.18. The fraction of sp³-hybridized carbons (Fsp3) is 0.500. The first-order valence-corrected chi connectivity index (χ1v) is 14.6. The molecule has 0 saturated carbocycles. The van der Waals surface area contributed by atoms with Gasteiger partial charge in [0.25, 0.3) is 0 Å². The van der Waals surface area contributed by atoms with Gasteiger partial charge in [-0.1, -0.05) is 95.6 Å². The Kier molecular flexibility index (Phi) is 14.6. The molecule has 0 fully saturated rings. The van der Waals surface area contributed by atoms with Crippen LogP contribution < -0.4 is 0 Å². The van der Waals surface area contributed by atoms with E-state index in [9.17, 15) is 14.4 Å². The number of alkyl halides is 6. The van der Waals surface area contributed by atoms with Gasteiger partial charge < -0.3 is 14.2 Å². The fourth-order valence-electron chi connectivity index (χ4n) is 1.89. The predicted molar refractivity (Wildman–Crippen MR) is 137 cm³/mol. The predicted octanol–water partition coefficient (Wildman–Crippen LogP) is 5.63. The van der Waals surface area contributed by atoms with E-state index >= 15 is 0 Å². The summed E-state index contributed by atoms with van der Waals surface area (Å²) in [6, 6.07) is 4.06. The number of ether oxygens (including phenoxy) is 3. The molecule has 1 aromatic carbocycles. The third-order valence-electron chi connectivity index (χ3n) is 3.38. The first-order chi connectivity index (χ1) is 14.2. The third kappa shape index (κ3) is 9.97. The van der Waals surface area contributed by atoms with E-state index in [-0.39, 0.29) is 51.0 Å². The number of hydrogen-bond donors (Lipinski definition) is 0. The van der Waals surface area contributed by atoms with Crippen molar-refractivity contribution in [2.24, 2.45) is 0 Å². The van der Waals surface area contributed by atoms with Crippen LogP contribution in [0.5, 0.6) is 0 Å². The quantitative estimate of drug-likeness (QED) is 0.155. The molecule has 3 unspecified atom stereocenters. The molecule has 0 radical (unpaired) electrons. The van der Waals surface area contributed by atoms with Gasteiger partial charge in [-0.3, -0.25) is 0 Å². The van der Waals surface area contributed by atoms with Crippen LogP contribution in [0.15, 0.2) is 18.2 Å². The fourth-order valence-corrected chi connectivity index (χ4v) is 2.85. The van der Waals surface area contributed by atoms with E-state index in [1.807, 2.05) is 0 Å². The van der Waals surface area contributed by atoms with Gasteiger partial charge >= 0.3 is 17.9 Å². The highest BCUT2D eigenvalue weighted by Gasteiger charge is 2.23. The van der Waals surface area contributed by atoms with Crippen molar-refractivity contribution in [3.63, 3.8) is 0 Å². The SMILES string of the molecule is O=C(OCC(Br)CBr)c1ccc(C(=O)OCC(Br)CBr)c(C(=O)OCC(Br)CBr)c1. The van der Waals surface area contributed by atoms with Crippen molar-refractivity contribution < 1.29 is 28.6 Å². The van der Waals surface area contributed by atoms with E-state index in [4.69, 9.17) is 14.2 Å². The maximum absolute atomic E-state index is 12.6. The third-order valence-corrected chi connectivity index (χ3v) is 10.1. The molecule has 6 nitrogen and oxygen atoms in total. The molecule has 0 heterocycles. The Morgan fingerprint density at radius 3 is 1.50 bits per heavy atom. The molecule has 0 aliphatic heterocycles. The van der Waals surface area contributed by atoms with Gasteiger partial charge in [-0.05, 0) is 18.2 Å².